The van der Waals surface area contributed by atoms with E-state index in [0.717, 1.165) is 16.7 Å². The number of rotatable bonds is 1. The first kappa shape index (κ1) is 12.8. The first-order valence-corrected chi connectivity index (χ1v) is 6.08. The summed E-state index contributed by atoms with van der Waals surface area (Å²) in [6.07, 6.45) is 3.75. The second kappa shape index (κ2) is 4.23. The van der Waals surface area contributed by atoms with Crippen LogP contribution in [0.3, 0.4) is 0 Å². The average Bonchev–Trinajstić information content (AvgIpc) is 2.67. The first-order valence-electron chi connectivity index (χ1n) is 6.08. The van der Waals surface area contributed by atoms with E-state index < -0.39 is 0 Å². The molecule has 0 aliphatic heterocycles. The summed E-state index contributed by atoms with van der Waals surface area (Å²) in [4.78, 5) is 0. The fourth-order valence-corrected chi connectivity index (χ4v) is 2.05. The van der Waals surface area contributed by atoms with Crippen LogP contribution in [0.4, 0.5) is 4.39 Å². The Morgan fingerprint density at radius 2 is 1.83 bits per heavy atom. The Balaban J connectivity index is 2.61. The van der Waals surface area contributed by atoms with Crippen LogP contribution in [0.5, 0.6) is 0 Å². The van der Waals surface area contributed by atoms with Crippen LogP contribution in [0, 0.1) is 12.7 Å². The number of aromatic nitrogens is 2. The predicted molar refractivity (Wildman–Crippen MR) is 72.0 cm³/mol. The zero-order valence-corrected chi connectivity index (χ0v) is 11.6. The molecule has 1 heterocycles. The third-order valence-corrected chi connectivity index (χ3v) is 3.10. The third-order valence-electron chi connectivity index (χ3n) is 3.10. The standard InChI is InChI=1S/C15H19FN2/c1-10-6-11(12-8-17-18(5)9-12)7-13(14(10)16)15(2,3)4/h6-9H,1-5H3. The lowest BCUT2D eigenvalue weighted by atomic mass is 9.84. The molecule has 1 aromatic heterocycles. The highest BCUT2D eigenvalue weighted by atomic mass is 19.1. The third kappa shape index (κ3) is 2.30. The van der Waals surface area contributed by atoms with Crippen LogP contribution < -0.4 is 0 Å². The van der Waals surface area contributed by atoms with Crippen LogP contribution in [0.2, 0.25) is 0 Å². The van der Waals surface area contributed by atoms with Gasteiger partial charge in [-0.1, -0.05) is 20.8 Å². The fraction of sp³-hybridized carbons (Fsp3) is 0.400. The highest BCUT2D eigenvalue weighted by molar-refractivity contribution is 5.64. The van der Waals surface area contributed by atoms with E-state index in [4.69, 9.17) is 0 Å². The van der Waals surface area contributed by atoms with Gasteiger partial charge in [-0.15, -0.1) is 0 Å². The van der Waals surface area contributed by atoms with E-state index in [1.54, 1.807) is 10.9 Å². The van der Waals surface area contributed by atoms with Gasteiger partial charge in [-0.3, -0.25) is 4.68 Å². The molecule has 2 nitrogen and oxygen atoms in total. The second-order valence-corrected chi connectivity index (χ2v) is 5.81. The van der Waals surface area contributed by atoms with Crippen molar-refractivity contribution in [3.8, 4) is 11.1 Å². The molecule has 0 saturated carbocycles. The largest absolute Gasteiger partial charge is 0.275 e. The SMILES string of the molecule is Cc1cc(-c2cnn(C)c2)cc(C(C)(C)C)c1F. The Morgan fingerprint density at radius 3 is 2.33 bits per heavy atom. The van der Waals surface area contributed by atoms with Gasteiger partial charge in [-0.25, -0.2) is 4.39 Å². The summed E-state index contributed by atoms with van der Waals surface area (Å²) in [5, 5.41) is 4.16. The molecule has 2 aromatic rings. The van der Waals surface area contributed by atoms with Crippen LogP contribution in [0.1, 0.15) is 31.9 Å². The van der Waals surface area contributed by atoms with Gasteiger partial charge in [0, 0.05) is 18.8 Å². The van der Waals surface area contributed by atoms with Gasteiger partial charge in [0.05, 0.1) is 6.20 Å². The van der Waals surface area contributed by atoms with Crippen molar-refractivity contribution in [3.63, 3.8) is 0 Å². The summed E-state index contributed by atoms with van der Waals surface area (Å²) < 4.78 is 15.9. The summed E-state index contributed by atoms with van der Waals surface area (Å²) in [7, 11) is 1.88. The molecule has 2 rings (SSSR count). The van der Waals surface area contributed by atoms with Gasteiger partial charge in [0.25, 0.3) is 0 Å². The molecular weight excluding hydrogens is 227 g/mol. The van der Waals surface area contributed by atoms with Crippen molar-refractivity contribution < 1.29 is 4.39 Å². The van der Waals surface area contributed by atoms with Crippen LogP contribution >= 0.6 is 0 Å². The molecule has 0 aliphatic carbocycles. The van der Waals surface area contributed by atoms with Crippen molar-refractivity contribution in [2.45, 2.75) is 33.1 Å². The molecule has 0 saturated heterocycles. The van der Waals surface area contributed by atoms with Crippen LogP contribution in [0.25, 0.3) is 11.1 Å². The second-order valence-electron chi connectivity index (χ2n) is 5.81. The van der Waals surface area contributed by atoms with Gasteiger partial charge in [0.2, 0.25) is 0 Å². The predicted octanol–water partition coefficient (Wildman–Crippen LogP) is 3.83. The van der Waals surface area contributed by atoms with Crippen molar-refractivity contribution in [1.29, 1.82) is 0 Å². The zero-order valence-electron chi connectivity index (χ0n) is 11.6. The van der Waals surface area contributed by atoms with Gasteiger partial charge in [-0.05, 0) is 41.2 Å². The van der Waals surface area contributed by atoms with Gasteiger partial charge in [-0.2, -0.15) is 5.10 Å². The minimum atomic E-state index is -0.201. The molecule has 0 unspecified atom stereocenters. The molecule has 0 fully saturated rings. The summed E-state index contributed by atoms with van der Waals surface area (Å²) >= 11 is 0. The zero-order chi connectivity index (χ0) is 13.5. The Kier molecular flexibility index (Phi) is 3.01. The van der Waals surface area contributed by atoms with E-state index in [9.17, 15) is 4.39 Å². The Bertz CT molecular complexity index is 577. The number of hydrogen-bond donors (Lipinski definition) is 0. The maximum Gasteiger partial charge on any atom is 0.129 e. The van der Waals surface area contributed by atoms with Crippen molar-refractivity contribution in [1.82, 2.24) is 9.78 Å². The molecule has 0 amide bonds. The van der Waals surface area contributed by atoms with Crippen LogP contribution in [0.15, 0.2) is 24.5 Å². The molecule has 0 atom stereocenters. The monoisotopic (exact) mass is 246 g/mol. The van der Waals surface area contributed by atoms with Gasteiger partial charge in [0.15, 0.2) is 0 Å². The van der Waals surface area contributed by atoms with Gasteiger partial charge < -0.3 is 0 Å². The number of hydrogen-bond acceptors (Lipinski definition) is 1. The molecule has 96 valence electrons. The van der Waals surface area contributed by atoms with Crippen molar-refractivity contribution in [3.05, 3.63) is 41.5 Å². The van der Waals surface area contributed by atoms with Crippen molar-refractivity contribution in [2.24, 2.45) is 7.05 Å². The quantitative estimate of drug-likeness (QED) is 0.747. The number of nitrogens with zero attached hydrogens (tertiary/aromatic N) is 2. The lowest BCUT2D eigenvalue weighted by Gasteiger charge is -2.21. The van der Waals surface area contributed by atoms with Crippen molar-refractivity contribution >= 4 is 0 Å². The van der Waals surface area contributed by atoms with Gasteiger partial charge >= 0.3 is 0 Å². The number of aryl methyl sites for hydroxylation is 2. The normalized spacial score (nSPS) is 11.9. The molecule has 0 aliphatic rings. The molecular formula is C15H19FN2. The summed E-state index contributed by atoms with van der Waals surface area (Å²) in [5.74, 6) is -0.102. The van der Waals surface area contributed by atoms with E-state index in [1.807, 2.05) is 53.1 Å². The number of benzene rings is 1. The average molecular weight is 246 g/mol. The van der Waals surface area contributed by atoms with E-state index >= 15 is 0 Å². The molecule has 0 radical (unpaired) electrons. The van der Waals surface area contributed by atoms with Crippen LogP contribution in [-0.2, 0) is 12.5 Å². The van der Waals surface area contributed by atoms with E-state index in [2.05, 4.69) is 5.10 Å². The maximum absolute atomic E-state index is 14.2. The Hall–Kier alpha value is -1.64. The molecule has 3 heteroatoms. The van der Waals surface area contributed by atoms with E-state index in [-0.39, 0.29) is 11.2 Å². The highest BCUT2D eigenvalue weighted by Gasteiger charge is 2.21. The first-order chi connectivity index (χ1) is 8.29. The fourth-order valence-electron chi connectivity index (χ4n) is 2.05. The van der Waals surface area contributed by atoms with E-state index in [0.29, 0.717) is 5.56 Å². The smallest absolute Gasteiger partial charge is 0.129 e. The summed E-state index contributed by atoms with van der Waals surface area (Å²) in [5.41, 5.74) is 3.27. The summed E-state index contributed by atoms with van der Waals surface area (Å²) in [6.45, 7) is 7.89. The minimum absolute atomic E-state index is 0.102. The highest BCUT2D eigenvalue weighted by Crippen LogP contribution is 2.31. The Morgan fingerprint density at radius 1 is 1.17 bits per heavy atom. The summed E-state index contributed by atoms with van der Waals surface area (Å²) in [6, 6.07) is 3.81. The Labute approximate surface area is 107 Å². The molecule has 1 aromatic carbocycles. The lowest BCUT2D eigenvalue weighted by Crippen LogP contribution is -2.14. The molecule has 0 spiro atoms. The minimum Gasteiger partial charge on any atom is -0.275 e. The van der Waals surface area contributed by atoms with Crippen LogP contribution in [-0.4, -0.2) is 9.78 Å². The lowest BCUT2D eigenvalue weighted by molar-refractivity contribution is 0.519. The molecule has 0 N–H and O–H groups in total. The topological polar surface area (TPSA) is 17.8 Å². The van der Waals surface area contributed by atoms with E-state index in [1.165, 1.54) is 0 Å². The van der Waals surface area contributed by atoms with Crippen molar-refractivity contribution in [2.75, 3.05) is 0 Å². The van der Waals surface area contributed by atoms with Gasteiger partial charge in [0.1, 0.15) is 5.82 Å². The molecule has 0 bridgehead atoms. The maximum atomic E-state index is 14.2. The number of halogens is 1. The molecule has 18 heavy (non-hydrogen) atoms.